The van der Waals surface area contributed by atoms with Crippen LogP contribution >= 0.6 is 0 Å². The number of likely N-dealkylation sites (tertiary alicyclic amines) is 1. The Morgan fingerprint density at radius 2 is 2.25 bits per heavy atom. The van der Waals surface area contributed by atoms with Crippen molar-refractivity contribution in [1.29, 1.82) is 0 Å². The molecule has 1 atom stereocenters. The van der Waals surface area contributed by atoms with E-state index in [2.05, 4.69) is 15.6 Å². The summed E-state index contributed by atoms with van der Waals surface area (Å²) in [6, 6.07) is 1.55. The van der Waals surface area contributed by atoms with Crippen LogP contribution in [0, 0.1) is 12.8 Å². The number of nitrogens with zero attached hydrogens (tertiary/aromatic N) is 4. The summed E-state index contributed by atoms with van der Waals surface area (Å²) in [6.07, 6.45) is 4.00. The van der Waals surface area contributed by atoms with Crippen LogP contribution in [0.3, 0.4) is 0 Å². The van der Waals surface area contributed by atoms with E-state index in [-0.39, 0.29) is 30.6 Å². The van der Waals surface area contributed by atoms with Gasteiger partial charge in [0, 0.05) is 25.7 Å². The summed E-state index contributed by atoms with van der Waals surface area (Å²) in [5, 5.41) is 10.2. The summed E-state index contributed by atoms with van der Waals surface area (Å²) in [5.41, 5.74) is 0.882. The van der Waals surface area contributed by atoms with Crippen molar-refractivity contribution in [3.63, 3.8) is 0 Å². The number of imide groups is 1. The first-order valence-corrected chi connectivity index (χ1v) is 7.47. The van der Waals surface area contributed by atoms with E-state index in [1.807, 2.05) is 0 Å². The largest absolute Gasteiger partial charge is 0.360 e. The van der Waals surface area contributed by atoms with E-state index >= 15 is 0 Å². The zero-order chi connectivity index (χ0) is 17.3. The summed E-state index contributed by atoms with van der Waals surface area (Å²) in [7, 11) is 1.79. The van der Waals surface area contributed by atoms with Gasteiger partial charge < -0.3 is 9.84 Å². The number of hydrogen-bond acceptors (Lipinski definition) is 6. The van der Waals surface area contributed by atoms with Crippen LogP contribution in [0.4, 0.5) is 5.82 Å². The van der Waals surface area contributed by atoms with E-state index in [1.54, 1.807) is 37.1 Å². The Bertz CT molecular complexity index is 793. The molecule has 2 aromatic rings. The molecule has 0 saturated carbocycles. The monoisotopic (exact) mass is 331 g/mol. The Hall–Kier alpha value is -2.97. The van der Waals surface area contributed by atoms with Gasteiger partial charge in [-0.05, 0) is 18.9 Å². The lowest BCUT2D eigenvalue weighted by atomic mass is 10.0. The number of carbonyl (C=O) groups excluding carboxylic acids is 3. The number of aryl methyl sites for hydroxylation is 2. The van der Waals surface area contributed by atoms with E-state index < -0.39 is 11.8 Å². The molecule has 9 heteroatoms. The van der Waals surface area contributed by atoms with Gasteiger partial charge in [-0.1, -0.05) is 5.16 Å². The first-order chi connectivity index (χ1) is 11.4. The Balaban J connectivity index is 1.60. The van der Waals surface area contributed by atoms with Gasteiger partial charge in [0.2, 0.25) is 17.7 Å². The zero-order valence-corrected chi connectivity index (χ0v) is 13.4. The fraction of sp³-hybridized carbons (Fsp3) is 0.400. The van der Waals surface area contributed by atoms with Gasteiger partial charge in [0.25, 0.3) is 0 Å². The van der Waals surface area contributed by atoms with E-state index in [1.165, 1.54) is 0 Å². The minimum Gasteiger partial charge on any atom is -0.360 e. The summed E-state index contributed by atoms with van der Waals surface area (Å²) >= 11 is 0. The second kappa shape index (κ2) is 6.26. The number of rotatable bonds is 5. The molecule has 1 aliphatic heterocycles. The summed E-state index contributed by atoms with van der Waals surface area (Å²) in [4.78, 5) is 37.4. The smallest absolute Gasteiger partial charge is 0.245 e. The number of carbonyl (C=O) groups is 3. The van der Waals surface area contributed by atoms with Crippen molar-refractivity contribution in [3.05, 3.63) is 29.8 Å². The van der Waals surface area contributed by atoms with E-state index in [0.29, 0.717) is 12.2 Å². The number of amides is 3. The van der Waals surface area contributed by atoms with Gasteiger partial charge in [0.15, 0.2) is 5.82 Å². The Kier molecular flexibility index (Phi) is 4.15. The summed E-state index contributed by atoms with van der Waals surface area (Å²) < 4.78 is 6.48. The standard InChI is InChI=1S/C15H17N5O4/c1-9-3-12(18-24-9)17-13(21)8-20-14(22)5-11(15(20)23)4-10-6-16-19(2)7-10/h3,6-7,11H,4-5,8H2,1-2H3,(H,17,18,21)/t11-/m1/s1. The molecule has 0 radical (unpaired) electrons. The lowest BCUT2D eigenvalue weighted by Crippen LogP contribution is -2.38. The predicted octanol–water partition coefficient (Wildman–Crippen LogP) is 0.273. The highest BCUT2D eigenvalue weighted by Crippen LogP contribution is 2.23. The van der Waals surface area contributed by atoms with E-state index in [4.69, 9.17) is 4.52 Å². The molecular weight excluding hydrogens is 314 g/mol. The minimum atomic E-state index is -0.493. The summed E-state index contributed by atoms with van der Waals surface area (Å²) in [6.45, 7) is 1.37. The molecule has 0 unspecified atom stereocenters. The maximum absolute atomic E-state index is 12.4. The Morgan fingerprint density at radius 3 is 2.88 bits per heavy atom. The molecule has 3 rings (SSSR count). The van der Waals surface area contributed by atoms with Crippen molar-refractivity contribution >= 4 is 23.5 Å². The molecule has 0 aliphatic carbocycles. The van der Waals surface area contributed by atoms with Crippen LogP contribution in [0.15, 0.2) is 23.0 Å². The molecule has 3 amide bonds. The molecule has 9 nitrogen and oxygen atoms in total. The normalized spacial score (nSPS) is 17.6. The highest BCUT2D eigenvalue weighted by Gasteiger charge is 2.39. The molecule has 126 valence electrons. The molecular formula is C15H17N5O4. The second-order valence-corrected chi connectivity index (χ2v) is 5.82. The van der Waals surface area contributed by atoms with Crippen LogP contribution < -0.4 is 5.32 Å². The van der Waals surface area contributed by atoms with Crippen LogP contribution in [-0.2, 0) is 27.9 Å². The van der Waals surface area contributed by atoms with E-state index in [9.17, 15) is 14.4 Å². The van der Waals surface area contributed by atoms with Crippen molar-refractivity contribution in [2.45, 2.75) is 19.8 Å². The highest BCUT2D eigenvalue weighted by atomic mass is 16.5. The highest BCUT2D eigenvalue weighted by molar-refractivity contribution is 6.07. The van der Waals surface area contributed by atoms with Gasteiger partial charge in [-0.15, -0.1) is 0 Å². The molecule has 1 fully saturated rings. The molecule has 1 N–H and O–H groups in total. The first-order valence-electron chi connectivity index (χ1n) is 7.47. The van der Waals surface area contributed by atoms with Crippen molar-refractivity contribution < 1.29 is 18.9 Å². The molecule has 3 heterocycles. The van der Waals surface area contributed by atoms with Crippen molar-refractivity contribution in [1.82, 2.24) is 19.8 Å². The quantitative estimate of drug-likeness (QED) is 0.788. The molecule has 24 heavy (non-hydrogen) atoms. The third kappa shape index (κ3) is 3.34. The molecule has 2 aromatic heterocycles. The van der Waals surface area contributed by atoms with E-state index in [0.717, 1.165) is 10.5 Å². The second-order valence-electron chi connectivity index (χ2n) is 5.82. The van der Waals surface area contributed by atoms with Crippen LogP contribution in [0.5, 0.6) is 0 Å². The van der Waals surface area contributed by atoms with Gasteiger partial charge in [-0.3, -0.25) is 24.0 Å². The average molecular weight is 331 g/mol. The average Bonchev–Trinajstić information content (AvgIpc) is 3.17. The lowest BCUT2D eigenvalue weighted by Gasteiger charge is -2.13. The minimum absolute atomic E-state index is 0.101. The number of anilines is 1. The van der Waals surface area contributed by atoms with Crippen molar-refractivity contribution in [2.75, 3.05) is 11.9 Å². The van der Waals surface area contributed by atoms with Crippen LogP contribution in [0.1, 0.15) is 17.7 Å². The zero-order valence-electron chi connectivity index (χ0n) is 13.4. The molecule has 1 saturated heterocycles. The van der Waals surface area contributed by atoms with Crippen LogP contribution in [0.2, 0.25) is 0 Å². The topological polar surface area (TPSA) is 110 Å². The Labute approximate surface area is 137 Å². The molecule has 0 aromatic carbocycles. The van der Waals surface area contributed by atoms with Gasteiger partial charge in [-0.25, -0.2) is 0 Å². The maximum Gasteiger partial charge on any atom is 0.245 e. The number of hydrogen-bond donors (Lipinski definition) is 1. The van der Waals surface area contributed by atoms with Crippen LogP contribution in [0.25, 0.3) is 0 Å². The van der Waals surface area contributed by atoms with Gasteiger partial charge in [0.05, 0.1) is 12.1 Å². The number of aromatic nitrogens is 3. The molecule has 1 aliphatic rings. The Morgan fingerprint density at radius 1 is 1.46 bits per heavy atom. The van der Waals surface area contributed by atoms with Gasteiger partial charge in [-0.2, -0.15) is 5.10 Å². The SMILES string of the molecule is Cc1cc(NC(=O)CN2C(=O)C[C@@H](Cc3cnn(C)c3)C2=O)no1. The predicted molar refractivity (Wildman–Crippen MR) is 81.6 cm³/mol. The van der Waals surface area contributed by atoms with Crippen molar-refractivity contribution in [2.24, 2.45) is 13.0 Å². The fourth-order valence-corrected chi connectivity index (χ4v) is 2.69. The van der Waals surface area contributed by atoms with Crippen molar-refractivity contribution in [3.8, 4) is 0 Å². The number of nitrogens with one attached hydrogen (secondary N) is 1. The lowest BCUT2D eigenvalue weighted by molar-refractivity contribution is -0.142. The van der Waals surface area contributed by atoms with Gasteiger partial charge >= 0.3 is 0 Å². The fourth-order valence-electron chi connectivity index (χ4n) is 2.69. The maximum atomic E-state index is 12.4. The first kappa shape index (κ1) is 15.9. The van der Waals surface area contributed by atoms with Gasteiger partial charge in [0.1, 0.15) is 12.3 Å². The third-order valence-electron chi connectivity index (χ3n) is 3.77. The van der Waals surface area contributed by atoms with Crippen LogP contribution in [-0.4, -0.2) is 44.1 Å². The molecule has 0 spiro atoms. The third-order valence-corrected chi connectivity index (χ3v) is 3.77. The summed E-state index contributed by atoms with van der Waals surface area (Å²) in [5.74, 6) is -0.829. The molecule has 0 bridgehead atoms.